The van der Waals surface area contributed by atoms with Crippen LogP contribution in [0.15, 0.2) is 83.8 Å². The normalized spacial score (nSPS) is 12.2. The summed E-state index contributed by atoms with van der Waals surface area (Å²) in [5.74, 6) is -1.75. The van der Waals surface area contributed by atoms with Crippen LogP contribution in [0.1, 0.15) is 38.3 Å². The van der Waals surface area contributed by atoms with Crippen molar-refractivity contribution >= 4 is 27.5 Å². The van der Waals surface area contributed by atoms with Gasteiger partial charge in [0.1, 0.15) is 18.4 Å². The Kier molecular flexibility index (Phi) is 9.63. The highest BCUT2D eigenvalue weighted by molar-refractivity contribution is 7.92. The minimum atomic E-state index is -4.31. The van der Waals surface area contributed by atoms with E-state index in [2.05, 4.69) is 5.32 Å². The topological polar surface area (TPSA) is 86.8 Å². The fourth-order valence-electron chi connectivity index (χ4n) is 4.16. The third-order valence-corrected chi connectivity index (χ3v) is 7.92. The van der Waals surface area contributed by atoms with Gasteiger partial charge in [-0.2, -0.15) is 0 Å². The maximum atomic E-state index is 14.9. The summed E-state index contributed by atoms with van der Waals surface area (Å²) in [4.78, 5) is 28.4. The second-order valence-corrected chi connectivity index (χ2v) is 11.2. The van der Waals surface area contributed by atoms with Crippen molar-refractivity contribution in [2.45, 2.75) is 57.6 Å². The summed E-state index contributed by atoms with van der Waals surface area (Å²) < 4.78 is 43.1. The molecule has 3 rings (SSSR count). The number of aryl methyl sites for hydroxylation is 1. The number of rotatable bonds is 11. The van der Waals surface area contributed by atoms with E-state index in [4.69, 9.17) is 0 Å². The molecule has 1 atom stereocenters. The molecular formula is C29H34FN3O4S. The quantitative estimate of drug-likeness (QED) is 0.384. The molecule has 0 aromatic heterocycles. The van der Waals surface area contributed by atoms with Crippen molar-refractivity contribution < 1.29 is 22.4 Å². The molecule has 0 aliphatic heterocycles. The van der Waals surface area contributed by atoms with E-state index >= 15 is 0 Å². The maximum Gasteiger partial charge on any atom is 0.264 e. The van der Waals surface area contributed by atoms with Crippen molar-refractivity contribution in [2.24, 2.45) is 0 Å². The molecule has 0 aliphatic carbocycles. The van der Waals surface area contributed by atoms with Crippen LogP contribution < -0.4 is 9.62 Å². The molecule has 0 fully saturated rings. The average Bonchev–Trinajstić information content (AvgIpc) is 2.88. The van der Waals surface area contributed by atoms with Crippen LogP contribution in [0.25, 0.3) is 0 Å². The summed E-state index contributed by atoms with van der Waals surface area (Å²) in [6, 6.07) is 19.4. The highest BCUT2D eigenvalue weighted by Gasteiger charge is 2.34. The van der Waals surface area contributed by atoms with Crippen LogP contribution in [0.5, 0.6) is 0 Å². The standard InChI is InChI=1S/C29H34FN3O4S/c1-5-26(29(35)31-21(2)3)32(19-23-14-10-9-13-22(23)4)28(34)20-33(27-18-12-11-17-25(27)30)38(36,37)24-15-7-6-8-16-24/h6-18,21,26H,5,19-20H2,1-4H3,(H,31,35). The van der Waals surface area contributed by atoms with E-state index in [1.165, 1.54) is 35.2 Å². The molecular weight excluding hydrogens is 505 g/mol. The van der Waals surface area contributed by atoms with E-state index in [0.717, 1.165) is 21.5 Å². The number of amides is 2. The van der Waals surface area contributed by atoms with Crippen molar-refractivity contribution in [3.63, 3.8) is 0 Å². The van der Waals surface area contributed by atoms with Gasteiger partial charge in [0.05, 0.1) is 10.6 Å². The number of benzene rings is 3. The number of halogens is 1. The van der Waals surface area contributed by atoms with Crippen LogP contribution in [-0.2, 0) is 26.2 Å². The van der Waals surface area contributed by atoms with Crippen LogP contribution in [-0.4, -0.2) is 43.8 Å². The van der Waals surface area contributed by atoms with E-state index in [9.17, 15) is 22.4 Å². The van der Waals surface area contributed by atoms with Crippen LogP contribution in [0.2, 0.25) is 0 Å². The Labute approximate surface area is 224 Å². The molecule has 0 radical (unpaired) electrons. The first-order chi connectivity index (χ1) is 18.1. The molecule has 0 spiro atoms. The number of anilines is 1. The monoisotopic (exact) mass is 539 g/mol. The number of carbonyl (C=O) groups is 2. The van der Waals surface area contributed by atoms with Crippen molar-refractivity contribution in [1.29, 1.82) is 0 Å². The van der Waals surface area contributed by atoms with Crippen LogP contribution in [0, 0.1) is 12.7 Å². The van der Waals surface area contributed by atoms with E-state index in [1.54, 1.807) is 25.1 Å². The second-order valence-electron chi connectivity index (χ2n) is 9.31. The van der Waals surface area contributed by atoms with Crippen molar-refractivity contribution in [1.82, 2.24) is 10.2 Å². The Morgan fingerprint density at radius 2 is 1.53 bits per heavy atom. The maximum absolute atomic E-state index is 14.9. The van der Waals surface area contributed by atoms with Gasteiger partial charge in [-0.3, -0.25) is 13.9 Å². The fourth-order valence-corrected chi connectivity index (χ4v) is 5.60. The van der Waals surface area contributed by atoms with Crippen molar-refractivity contribution in [3.8, 4) is 0 Å². The molecule has 3 aromatic carbocycles. The SMILES string of the molecule is CCC(C(=O)NC(C)C)N(Cc1ccccc1C)C(=O)CN(c1ccccc1F)S(=O)(=O)c1ccccc1. The Morgan fingerprint density at radius 1 is 0.921 bits per heavy atom. The number of nitrogens with zero attached hydrogens (tertiary/aromatic N) is 2. The Morgan fingerprint density at radius 3 is 2.13 bits per heavy atom. The lowest BCUT2D eigenvalue weighted by molar-refractivity contribution is -0.140. The number of sulfonamides is 1. The summed E-state index contributed by atoms with van der Waals surface area (Å²) in [5, 5.41) is 2.86. The molecule has 0 aliphatic rings. The number of carbonyl (C=O) groups excluding carboxylic acids is 2. The number of nitrogens with one attached hydrogen (secondary N) is 1. The fraction of sp³-hybridized carbons (Fsp3) is 0.310. The van der Waals surface area contributed by atoms with E-state index in [0.29, 0.717) is 6.42 Å². The minimum Gasteiger partial charge on any atom is -0.352 e. The van der Waals surface area contributed by atoms with E-state index in [1.807, 2.05) is 45.0 Å². The molecule has 0 saturated heterocycles. The summed E-state index contributed by atoms with van der Waals surface area (Å²) in [5.41, 5.74) is 1.49. The van der Waals surface area contributed by atoms with E-state index < -0.39 is 34.3 Å². The van der Waals surface area contributed by atoms with Gasteiger partial charge >= 0.3 is 0 Å². The number of hydrogen-bond donors (Lipinski definition) is 1. The summed E-state index contributed by atoms with van der Waals surface area (Å²) in [6.45, 7) is 6.74. The summed E-state index contributed by atoms with van der Waals surface area (Å²) in [7, 11) is -4.31. The molecule has 0 bridgehead atoms. The van der Waals surface area contributed by atoms with Gasteiger partial charge in [-0.05, 0) is 62.6 Å². The highest BCUT2D eigenvalue weighted by atomic mass is 32.2. The van der Waals surface area contributed by atoms with Crippen molar-refractivity contribution in [3.05, 3.63) is 95.8 Å². The lowest BCUT2D eigenvalue weighted by atomic mass is 10.1. The first kappa shape index (κ1) is 28.8. The molecule has 2 amide bonds. The lowest BCUT2D eigenvalue weighted by Gasteiger charge is -2.34. The zero-order valence-electron chi connectivity index (χ0n) is 22.1. The van der Waals surface area contributed by atoms with Gasteiger partial charge in [0.25, 0.3) is 10.0 Å². The van der Waals surface area contributed by atoms with Gasteiger partial charge < -0.3 is 10.2 Å². The number of hydrogen-bond acceptors (Lipinski definition) is 4. The molecule has 1 unspecified atom stereocenters. The summed E-state index contributed by atoms with van der Waals surface area (Å²) >= 11 is 0. The lowest BCUT2D eigenvalue weighted by Crippen LogP contribution is -2.53. The highest BCUT2D eigenvalue weighted by Crippen LogP contribution is 2.27. The zero-order valence-corrected chi connectivity index (χ0v) is 22.9. The summed E-state index contributed by atoms with van der Waals surface area (Å²) in [6.07, 6.45) is 0.307. The molecule has 202 valence electrons. The third-order valence-electron chi connectivity index (χ3n) is 6.15. The molecule has 9 heteroatoms. The van der Waals surface area contributed by atoms with Gasteiger partial charge in [-0.25, -0.2) is 12.8 Å². The minimum absolute atomic E-state index is 0.0777. The van der Waals surface area contributed by atoms with Gasteiger partial charge in [-0.1, -0.05) is 61.5 Å². The first-order valence-corrected chi connectivity index (χ1v) is 14.0. The molecule has 0 heterocycles. The van der Waals surface area contributed by atoms with Gasteiger partial charge in [-0.15, -0.1) is 0 Å². The molecule has 1 N–H and O–H groups in total. The molecule has 0 saturated carbocycles. The van der Waals surface area contributed by atoms with Crippen LogP contribution in [0.3, 0.4) is 0 Å². The zero-order chi connectivity index (χ0) is 27.9. The Balaban J connectivity index is 2.08. The third kappa shape index (κ3) is 6.77. The predicted octanol–water partition coefficient (Wildman–Crippen LogP) is 4.66. The molecule has 3 aromatic rings. The van der Waals surface area contributed by atoms with Gasteiger partial charge in [0.15, 0.2) is 0 Å². The van der Waals surface area contributed by atoms with Gasteiger partial charge in [0.2, 0.25) is 11.8 Å². The van der Waals surface area contributed by atoms with Crippen LogP contribution >= 0.6 is 0 Å². The largest absolute Gasteiger partial charge is 0.352 e. The first-order valence-electron chi connectivity index (χ1n) is 12.5. The molecule has 7 nitrogen and oxygen atoms in total. The smallest absolute Gasteiger partial charge is 0.264 e. The molecule has 38 heavy (non-hydrogen) atoms. The Hall–Kier alpha value is -3.72. The second kappa shape index (κ2) is 12.7. The van der Waals surface area contributed by atoms with Gasteiger partial charge in [0, 0.05) is 12.6 Å². The Bertz CT molecular complexity index is 1360. The van der Waals surface area contributed by atoms with Crippen LogP contribution in [0.4, 0.5) is 10.1 Å². The van der Waals surface area contributed by atoms with E-state index in [-0.39, 0.29) is 29.1 Å². The predicted molar refractivity (Wildman–Crippen MR) is 146 cm³/mol. The average molecular weight is 540 g/mol. The number of para-hydroxylation sites is 1. The van der Waals surface area contributed by atoms with Crippen molar-refractivity contribution in [2.75, 3.05) is 10.8 Å².